The quantitative estimate of drug-likeness (QED) is 0.720. The molecule has 95 valence electrons. The minimum absolute atomic E-state index is 0.0148. The molecule has 3 rings (SSSR count). The summed E-state index contributed by atoms with van der Waals surface area (Å²) in [6, 6.07) is 10.7. The van der Waals surface area contributed by atoms with Crippen LogP contribution in [0.5, 0.6) is 0 Å². The first-order valence-electron chi connectivity index (χ1n) is 5.43. The fourth-order valence-electron chi connectivity index (χ4n) is 1.80. The summed E-state index contributed by atoms with van der Waals surface area (Å²) in [4.78, 5) is 4.02. The summed E-state index contributed by atoms with van der Waals surface area (Å²) in [5, 5.41) is 0.674. The summed E-state index contributed by atoms with van der Waals surface area (Å²) in [5.41, 5.74) is 0.322. The molecule has 4 nitrogen and oxygen atoms in total. The molecule has 19 heavy (non-hydrogen) atoms. The van der Waals surface area contributed by atoms with Gasteiger partial charge in [-0.3, -0.25) is 0 Å². The van der Waals surface area contributed by atoms with Crippen molar-refractivity contribution in [2.24, 2.45) is 0 Å². The Morgan fingerprint density at radius 2 is 1.89 bits per heavy atom. The van der Waals surface area contributed by atoms with Crippen molar-refractivity contribution in [2.75, 3.05) is 0 Å². The third-order valence-corrected chi connectivity index (χ3v) is 4.41. The van der Waals surface area contributed by atoms with Crippen LogP contribution in [0.15, 0.2) is 53.7 Å². The van der Waals surface area contributed by atoms with Crippen LogP contribution in [0, 0.1) is 11.9 Å². The molecule has 0 aliphatic heterocycles. The molecule has 0 spiro atoms. The standard InChI is InChI=1S/C13H8FN2O2S/c14-11-3-5-12(6-4-11)19(17,18)16-9-7-10-2-1-8-15-13(10)16/h2-9H. The molecule has 0 saturated heterocycles. The Hall–Kier alpha value is -2.21. The van der Waals surface area contributed by atoms with Crippen LogP contribution in [0.25, 0.3) is 11.0 Å². The highest BCUT2D eigenvalue weighted by Crippen LogP contribution is 2.20. The van der Waals surface area contributed by atoms with Crippen LogP contribution in [0.3, 0.4) is 0 Å². The fraction of sp³-hybridized carbons (Fsp3) is 0. The predicted octanol–water partition coefficient (Wildman–Crippen LogP) is 2.21. The van der Waals surface area contributed by atoms with Gasteiger partial charge in [-0.05, 0) is 36.4 Å². The Kier molecular flexibility index (Phi) is 2.60. The minimum Gasteiger partial charge on any atom is -0.237 e. The molecule has 0 amide bonds. The molecule has 0 unspecified atom stereocenters. The fourth-order valence-corrected chi connectivity index (χ4v) is 3.11. The van der Waals surface area contributed by atoms with Gasteiger partial charge in [0, 0.05) is 23.8 Å². The van der Waals surface area contributed by atoms with Crippen LogP contribution in [-0.2, 0) is 10.0 Å². The first-order chi connectivity index (χ1) is 9.09. The first kappa shape index (κ1) is 11.9. The lowest BCUT2D eigenvalue weighted by Crippen LogP contribution is -2.12. The van der Waals surface area contributed by atoms with E-state index in [1.165, 1.54) is 24.5 Å². The second-order valence-corrected chi connectivity index (χ2v) is 5.73. The molecule has 0 fully saturated rings. The molecular formula is C13H8FN2O2S. The Labute approximate surface area is 109 Å². The maximum Gasteiger partial charge on any atom is 0.269 e. The van der Waals surface area contributed by atoms with Gasteiger partial charge in [0.25, 0.3) is 10.0 Å². The summed E-state index contributed by atoms with van der Waals surface area (Å²) < 4.78 is 38.7. The van der Waals surface area contributed by atoms with E-state index in [2.05, 4.69) is 11.1 Å². The number of halogens is 1. The SMILES string of the molecule is O=S(=O)(c1ccc(F)cc1)n1ccc2c[c]cnc21. The van der Waals surface area contributed by atoms with Gasteiger partial charge < -0.3 is 0 Å². The number of pyridine rings is 1. The lowest BCUT2D eigenvalue weighted by atomic mass is 10.3. The zero-order valence-electron chi connectivity index (χ0n) is 9.62. The van der Waals surface area contributed by atoms with Crippen molar-refractivity contribution < 1.29 is 12.8 Å². The van der Waals surface area contributed by atoms with E-state index in [-0.39, 0.29) is 4.90 Å². The second-order valence-electron chi connectivity index (χ2n) is 3.92. The Morgan fingerprint density at radius 3 is 2.63 bits per heavy atom. The van der Waals surface area contributed by atoms with E-state index in [4.69, 9.17) is 0 Å². The van der Waals surface area contributed by atoms with E-state index in [9.17, 15) is 12.8 Å². The summed E-state index contributed by atoms with van der Waals surface area (Å²) >= 11 is 0. The molecule has 0 bridgehead atoms. The van der Waals surface area contributed by atoms with Gasteiger partial charge in [0.05, 0.1) is 4.90 Å². The predicted molar refractivity (Wildman–Crippen MR) is 67.6 cm³/mol. The lowest BCUT2D eigenvalue weighted by molar-refractivity contribution is 0.587. The van der Waals surface area contributed by atoms with E-state index in [1.54, 1.807) is 12.1 Å². The molecule has 1 aromatic carbocycles. The van der Waals surface area contributed by atoms with E-state index in [1.807, 2.05) is 0 Å². The zero-order valence-corrected chi connectivity index (χ0v) is 10.4. The summed E-state index contributed by atoms with van der Waals surface area (Å²) in [6.45, 7) is 0. The van der Waals surface area contributed by atoms with Gasteiger partial charge in [0.2, 0.25) is 0 Å². The van der Waals surface area contributed by atoms with Gasteiger partial charge in [-0.25, -0.2) is 21.8 Å². The van der Waals surface area contributed by atoms with Crippen LogP contribution >= 0.6 is 0 Å². The van der Waals surface area contributed by atoms with Crippen molar-refractivity contribution in [1.29, 1.82) is 0 Å². The highest BCUT2D eigenvalue weighted by molar-refractivity contribution is 7.90. The first-order valence-corrected chi connectivity index (χ1v) is 6.87. The van der Waals surface area contributed by atoms with Crippen LogP contribution in [0.1, 0.15) is 0 Å². The van der Waals surface area contributed by atoms with Crippen LogP contribution < -0.4 is 0 Å². The Morgan fingerprint density at radius 1 is 1.16 bits per heavy atom. The molecule has 0 atom stereocenters. The monoisotopic (exact) mass is 275 g/mol. The van der Waals surface area contributed by atoms with Gasteiger partial charge in [-0.15, -0.1) is 0 Å². The number of fused-ring (bicyclic) bond motifs is 1. The van der Waals surface area contributed by atoms with Crippen molar-refractivity contribution in [3.63, 3.8) is 0 Å². The van der Waals surface area contributed by atoms with Gasteiger partial charge in [0.15, 0.2) is 5.65 Å². The zero-order chi connectivity index (χ0) is 13.5. The Balaban J connectivity index is 2.22. The normalized spacial score (nSPS) is 11.8. The van der Waals surface area contributed by atoms with E-state index < -0.39 is 15.8 Å². The number of rotatable bonds is 2. The van der Waals surface area contributed by atoms with Crippen LogP contribution in [0.4, 0.5) is 4.39 Å². The minimum atomic E-state index is -3.77. The molecule has 0 aliphatic carbocycles. The van der Waals surface area contributed by atoms with Crippen LogP contribution in [-0.4, -0.2) is 17.4 Å². The Bertz CT molecular complexity index is 838. The highest BCUT2D eigenvalue weighted by atomic mass is 32.2. The van der Waals surface area contributed by atoms with Crippen molar-refractivity contribution in [2.45, 2.75) is 4.90 Å². The van der Waals surface area contributed by atoms with Gasteiger partial charge in [0.1, 0.15) is 5.82 Å². The average Bonchev–Trinajstić information content (AvgIpc) is 2.83. The molecule has 0 N–H and O–H groups in total. The maximum atomic E-state index is 12.9. The van der Waals surface area contributed by atoms with Gasteiger partial charge >= 0.3 is 0 Å². The maximum absolute atomic E-state index is 12.9. The number of aromatic nitrogens is 2. The van der Waals surface area contributed by atoms with E-state index in [0.717, 1.165) is 16.1 Å². The lowest BCUT2D eigenvalue weighted by Gasteiger charge is -2.06. The molecule has 6 heteroatoms. The molecular weight excluding hydrogens is 267 g/mol. The van der Waals surface area contributed by atoms with Gasteiger partial charge in [-0.1, -0.05) is 0 Å². The van der Waals surface area contributed by atoms with Gasteiger partial charge in [-0.2, -0.15) is 0 Å². The van der Waals surface area contributed by atoms with Crippen molar-refractivity contribution >= 4 is 21.1 Å². The third-order valence-electron chi connectivity index (χ3n) is 2.73. The van der Waals surface area contributed by atoms with Crippen LogP contribution in [0.2, 0.25) is 0 Å². The summed E-state index contributed by atoms with van der Waals surface area (Å²) in [5.74, 6) is -0.482. The summed E-state index contributed by atoms with van der Waals surface area (Å²) in [6.07, 6.45) is 2.82. The third kappa shape index (κ3) is 1.90. The number of hydrogen-bond donors (Lipinski definition) is 0. The number of nitrogens with zero attached hydrogens (tertiary/aromatic N) is 2. The molecule has 3 aromatic rings. The molecule has 0 aliphatic rings. The molecule has 2 aromatic heterocycles. The number of benzene rings is 1. The van der Waals surface area contributed by atoms with E-state index >= 15 is 0 Å². The van der Waals surface area contributed by atoms with E-state index in [0.29, 0.717) is 11.0 Å². The van der Waals surface area contributed by atoms with Crippen molar-refractivity contribution in [3.8, 4) is 0 Å². The summed E-state index contributed by atoms with van der Waals surface area (Å²) in [7, 11) is -3.77. The largest absolute Gasteiger partial charge is 0.269 e. The number of hydrogen-bond acceptors (Lipinski definition) is 3. The average molecular weight is 275 g/mol. The second kappa shape index (κ2) is 4.17. The van der Waals surface area contributed by atoms with Crippen molar-refractivity contribution in [1.82, 2.24) is 8.96 Å². The highest BCUT2D eigenvalue weighted by Gasteiger charge is 2.19. The smallest absolute Gasteiger partial charge is 0.237 e. The molecule has 2 heterocycles. The topological polar surface area (TPSA) is 52.0 Å². The molecule has 0 saturated carbocycles. The van der Waals surface area contributed by atoms with Crippen molar-refractivity contribution in [3.05, 3.63) is 60.7 Å². The molecule has 1 radical (unpaired) electrons.